The summed E-state index contributed by atoms with van der Waals surface area (Å²) in [5, 5.41) is 0. The number of benzene rings is 2. The molecule has 1 aliphatic rings. The minimum Gasteiger partial charge on any atom is -0.299 e. The Morgan fingerprint density at radius 2 is 1.70 bits per heavy atom. The van der Waals surface area contributed by atoms with Crippen molar-refractivity contribution in [3.05, 3.63) is 70.8 Å². The van der Waals surface area contributed by atoms with E-state index in [2.05, 4.69) is 19.1 Å². The zero-order chi connectivity index (χ0) is 16.4. The van der Waals surface area contributed by atoms with Gasteiger partial charge in [-0.05, 0) is 35.1 Å². The van der Waals surface area contributed by atoms with Crippen molar-refractivity contribution in [1.82, 2.24) is 0 Å². The van der Waals surface area contributed by atoms with Crippen LogP contribution in [0.15, 0.2) is 48.5 Å². The average molecular weight is 306 g/mol. The molecule has 2 nitrogen and oxygen atoms in total. The van der Waals surface area contributed by atoms with Gasteiger partial charge in [0.1, 0.15) is 5.78 Å². The van der Waals surface area contributed by atoms with Crippen LogP contribution >= 0.6 is 0 Å². The van der Waals surface area contributed by atoms with Gasteiger partial charge < -0.3 is 0 Å². The van der Waals surface area contributed by atoms with Crippen LogP contribution in [0.1, 0.15) is 53.2 Å². The number of rotatable bonds is 4. The highest BCUT2D eigenvalue weighted by molar-refractivity contribution is 5.98. The monoisotopic (exact) mass is 306 g/mol. The largest absolute Gasteiger partial charge is 0.299 e. The normalized spacial score (nSPS) is 16.5. The van der Waals surface area contributed by atoms with E-state index >= 15 is 0 Å². The molecule has 0 bridgehead atoms. The van der Waals surface area contributed by atoms with Crippen LogP contribution in [-0.2, 0) is 17.6 Å². The van der Waals surface area contributed by atoms with Gasteiger partial charge in [0, 0.05) is 24.3 Å². The molecule has 0 N–H and O–H groups in total. The Labute approximate surface area is 137 Å². The molecular formula is C21H22O2. The van der Waals surface area contributed by atoms with E-state index < -0.39 is 0 Å². The summed E-state index contributed by atoms with van der Waals surface area (Å²) in [7, 11) is 0. The second-order valence-electron chi connectivity index (χ2n) is 6.55. The van der Waals surface area contributed by atoms with Gasteiger partial charge in [0.15, 0.2) is 5.78 Å². The summed E-state index contributed by atoms with van der Waals surface area (Å²) in [6.07, 6.45) is 1.87. The number of fused-ring (bicyclic) bond motifs is 1. The lowest BCUT2D eigenvalue weighted by Gasteiger charge is -2.21. The van der Waals surface area contributed by atoms with Crippen LogP contribution < -0.4 is 0 Å². The summed E-state index contributed by atoms with van der Waals surface area (Å²) in [4.78, 5) is 24.4. The second kappa shape index (κ2) is 6.49. The Hall–Kier alpha value is -2.22. The van der Waals surface area contributed by atoms with Crippen molar-refractivity contribution < 1.29 is 9.59 Å². The summed E-state index contributed by atoms with van der Waals surface area (Å²) < 4.78 is 0. The van der Waals surface area contributed by atoms with Crippen molar-refractivity contribution in [2.75, 3.05) is 0 Å². The molecule has 0 saturated carbocycles. The predicted molar refractivity (Wildman–Crippen MR) is 91.8 cm³/mol. The first-order chi connectivity index (χ1) is 11.1. The van der Waals surface area contributed by atoms with E-state index in [4.69, 9.17) is 0 Å². The van der Waals surface area contributed by atoms with Crippen molar-refractivity contribution >= 4 is 11.6 Å². The summed E-state index contributed by atoms with van der Waals surface area (Å²) in [6.45, 7) is 4.11. The topological polar surface area (TPSA) is 34.1 Å². The summed E-state index contributed by atoms with van der Waals surface area (Å²) in [5.74, 6) is 0.589. The Kier molecular flexibility index (Phi) is 4.42. The highest BCUT2D eigenvalue weighted by Gasteiger charge is 2.24. The third-order valence-electron chi connectivity index (χ3n) is 5.04. The average Bonchev–Trinajstić information content (AvgIpc) is 2.60. The number of aryl methyl sites for hydroxylation is 1. The van der Waals surface area contributed by atoms with Gasteiger partial charge in [0.25, 0.3) is 0 Å². The molecule has 0 amide bonds. The highest BCUT2D eigenvalue weighted by atomic mass is 16.1. The first kappa shape index (κ1) is 15.7. The van der Waals surface area contributed by atoms with E-state index in [1.807, 2.05) is 43.3 Å². The minimum atomic E-state index is -0.0688. The van der Waals surface area contributed by atoms with Crippen LogP contribution in [0.3, 0.4) is 0 Å². The molecule has 0 aromatic heterocycles. The molecule has 0 heterocycles. The van der Waals surface area contributed by atoms with Crippen molar-refractivity contribution in [3.8, 4) is 0 Å². The van der Waals surface area contributed by atoms with E-state index in [1.165, 1.54) is 5.56 Å². The van der Waals surface area contributed by atoms with Gasteiger partial charge in [-0.2, -0.15) is 0 Å². The summed E-state index contributed by atoms with van der Waals surface area (Å²) >= 11 is 0. The minimum absolute atomic E-state index is 0.0688. The van der Waals surface area contributed by atoms with Gasteiger partial charge in [0.05, 0.1) is 0 Å². The molecule has 0 aliphatic heterocycles. The summed E-state index contributed by atoms with van der Waals surface area (Å²) in [5.41, 5.74) is 4.21. The number of carbonyl (C=O) groups is 2. The Morgan fingerprint density at radius 3 is 2.43 bits per heavy atom. The van der Waals surface area contributed by atoms with Crippen molar-refractivity contribution in [3.63, 3.8) is 0 Å². The first-order valence-corrected chi connectivity index (χ1v) is 8.29. The smallest absolute Gasteiger partial charge is 0.166 e. The SMILES string of the molecule is CC(C(=O)c1ccc2c(c1)CCC(=O)C2)[C@@H](C)c1ccccc1. The zero-order valence-corrected chi connectivity index (χ0v) is 13.7. The molecular weight excluding hydrogens is 284 g/mol. The molecule has 2 aromatic rings. The van der Waals surface area contributed by atoms with Crippen molar-refractivity contribution in [1.29, 1.82) is 0 Å². The third kappa shape index (κ3) is 3.26. The molecule has 2 aromatic carbocycles. The maximum Gasteiger partial charge on any atom is 0.166 e. The molecule has 2 heteroatoms. The van der Waals surface area contributed by atoms with Crippen LogP contribution in [0.25, 0.3) is 0 Å². The van der Waals surface area contributed by atoms with E-state index in [9.17, 15) is 9.59 Å². The zero-order valence-electron chi connectivity index (χ0n) is 13.7. The number of Topliss-reactive ketones (excluding diaryl/α,β-unsaturated/α-hetero) is 2. The number of ketones is 2. The van der Waals surface area contributed by atoms with E-state index in [1.54, 1.807) is 0 Å². The van der Waals surface area contributed by atoms with Crippen LogP contribution in [0.4, 0.5) is 0 Å². The highest BCUT2D eigenvalue weighted by Crippen LogP contribution is 2.28. The molecule has 1 unspecified atom stereocenters. The first-order valence-electron chi connectivity index (χ1n) is 8.29. The van der Waals surface area contributed by atoms with Crippen LogP contribution in [0.5, 0.6) is 0 Å². The Bertz CT molecular complexity index is 731. The quantitative estimate of drug-likeness (QED) is 0.786. The molecule has 2 atom stereocenters. The standard InChI is InChI=1S/C21H22O2/c1-14(16-6-4-3-5-7-16)15(2)21(23)19-9-8-18-13-20(22)11-10-17(18)12-19/h3-9,12,14-15H,10-11,13H2,1-2H3/t14-,15?/m1/s1. The lowest BCUT2D eigenvalue weighted by atomic mass is 9.82. The van der Waals surface area contributed by atoms with Crippen molar-refractivity contribution in [2.45, 2.75) is 39.0 Å². The maximum absolute atomic E-state index is 12.8. The van der Waals surface area contributed by atoms with Gasteiger partial charge in [-0.15, -0.1) is 0 Å². The lowest BCUT2D eigenvalue weighted by molar-refractivity contribution is -0.118. The number of carbonyl (C=O) groups excluding carboxylic acids is 2. The maximum atomic E-state index is 12.8. The van der Waals surface area contributed by atoms with Crippen LogP contribution in [0, 0.1) is 5.92 Å². The molecule has 0 radical (unpaired) electrons. The fraction of sp³-hybridized carbons (Fsp3) is 0.333. The van der Waals surface area contributed by atoms with E-state index in [-0.39, 0.29) is 17.6 Å². The van der Waals surface area contributed by atoms with Gasteiger partial charge in [-0.25, -0.2) is 0 Å². The van der Waals surface area contributed by atoms with Crippen LogP contribution in [0.2, 0.25) is 0 Å². The molecule has 3 rings (SSSR count). The van der Waals surface area contributed by atoms with Gasteiger partial charge in [-0.3, -0.25) is 9.59 Å². The van der Waals surface area contributed by atoms with Gasteiger partial charge in [-0.1, -0.05) is 56.3 Å². The van der Waals surface area contributed by atoms with Gasteiger partial charge >= 0.3 is 0 Å². The molecule has 0 saturated heterocycles. The third-order valence-corrected chi connectivity index (χ3v) is 5.04. The Balaban J connectivity index is 1.81. The van der Waals surface area contributed by atoms with Crippen molar-refractivity contribution in [2.24, 2.45) is 5.92 Å². The molecule has 23 heavy (non-hydrogen) atoms. The second-order valence-corrected chi connectivity index (χ2v) is 6.55. The van der Waals surface area contributed by atoms with E-state index in [0.717, 1.165) is 23.1 Å². The predicted octanol–water partition coefficient (Wildman–Crippen LogP) is 4.37. The summed E-state index contributed by atoms with van der Waals surface area (Å²) in [6, 6.07) is 16.0. The van der Waals surface area contributed by atoms with Gasteiger partial charge in [0.2, 0.25) is 0 Å². The molecule has 0 spiro atoms. The fourth-order valence-electron chi connectivity index (χ4n) is 3.29. The fourth-order valence-corrected chi connectivity index (χ4v) is 3.29. The Morgan fingerprint density at radius 1 is 0.957 bits per heavy atom. The molecule has 1 aliphatic carbocycles. The van der Waals surface area contributed by atoms with Crippen LogP contribution in [-0.4, -0.2) is 11.6 Å². The molecule has 0 fully saturated rings. The lowest BCUT2D eigenvalue weighted by Crippen LogP contribution is -2.19. The number of hydrogen-bond acceptors (Lipinski definition) is 2. The number of hydrogen-bond donors (Lipinski definition) is 0. The molecule has 118 valence electrons. The van der Waals surface area contributed by atoms with E-state index in [0.29, 0.717) is 18.6 Å².